The third-order valence-electron chi connectivity index (χ3n) is 3.04. The van der Waals surface area contributed by atoms with E-state index in [9.17, 15) is 5.11 Å². The number of benzene rings is 1. The number of aromatic hydroxyl groups is 1. The molecule has 0 spiro atoms. The first-order valence-corrected chi connectivity index (χ1v) is 6.28. The summed E-state index contributed by atoms with van der Waals surface area (Å²) in [4.78, 5) is 12.9. The molecule has 0 bridgehead atoms. The van der Waals surface area contributed by atoms with Crippen LogP contribution in [0.5, 0.6) is 5.75 Å². The standard InChI is InChI=1S/C16H13N3O/c1-11-18-10-14(12-5-4-8-17-9-12)16(19-11)13-6-2-3-7-15(13)20/h2-10,20H,1H3. The number of rotatable bonds is 2. The number of phenolic OH excluding ortho intramolecular Hbond substituents is 1. The second-order valence-electron chi connectivity index (χ2n) is 4.44. The summed E-state index contributed by atoms with van der Waals surface area (Å²) in [5.41, 5.74) is 3.18. The number of hydrogen-bond acceptors (Lipinski definition) is 4. The van der Waals surface area contributed by atoms with Crippen LogP contribution in [0.4, 0.5) is 0 Å². The fourth-order valence-corrected chi connectivity index (χ4v) is 2.08. The summed E-state index contributed by atoms with van der Waals surface area (Å²) in [5.74, 6) is 0.867. The topological polar surface area (TPSA) is 58.9 Å². The summed E-state index contributed by atoms with van der Waals surface area (Å²) in [5, 5.41) is 10.1. The number of para-hydroxylation sites is 1. The van der Waals surface area contributed by atoms with Gasteiger partial charge in [0.15, 0.2) is 0 Å². The van der Waals surface area contributed by atoms with E-state index in [0.29, 0.717) is 17.1 Å². The lowest BCUT2D eigenvalue weighted by Crippen LogP contribution is -1.95. The molecule has 4 nitrogen and oxygen atoms in total. The molecule has 0 aliphatic rings. The van der Waals surface area contributed by atoms with E-state index in [2.05, 4.69) is 15.0 Å². The Kier molecular flexibility index (Phi) is 3.13. The second-order valence-corrected chi connectivity index (χ2v) is 4.44. The van der Waals surface area contributed by atoms with E-state index in [0.717, 1.165) is 11.1 Å². The maximum Gasteiger partial charge on any atom is 0.125 e. The molecule has 4 heteroatoms. The zero-order chi connectivity index (χ0) is 13.9. The van der Waals surface area contributed by atoms with Crippen molar-refractivity contribution < 1.29 is 5.11 Å². The van der Waals surface area contributed by atoms with Crippen molar-refractivity contribution in [3.8, 4) is 28.1 Å². The highest BCUT2D eigenvalue weighted by Gasteiger charge is 2.13. The van der Waals surface area contributed by atoms with Gasteiger partial charge < -0.3 is 5.11 Å². The molecular weight excluding hydrogens is 250 g/mol. The number of phenols is 1. The van der Waals surface area contributed by atoms with Crippen LogP contribution < -0.4 is 0 Å². The molecule has 0 aliphatic heterocycles. The summed E-state index contributed by atoms with van der Waals surface area (Å²) < 4.78 is 0. The van der Waals surface area contributed by atoms with Crippen LogP contribution in [-0.4, -0.2) is 20.1 Å². The molecule has 20 heavy (non-hydrogen) atoms. The molecule has 0 radical (unpaired) electrons. The Morgan fingerprint density at radius 3 is 2.55 bits per heavy atom. The SMILES string of the molecule is Cc1ncc(-c2cccnc2)c(-c2ccccc2O)n1. The highest BCUT2D eigenvalue weighted by atomic mass is 16.3. The van der Waals surface area contributed by atoms with Gasteiger partial charge in [-0.05, 0) is 25.1 Å². The van der Waals surface area contributed by atoms with Gasteiger partial charge in [0.05, 0.1) is 5.69 Å². The summed E-state index contributed by atoms with van der Waals surface area (Å²) in [6.07, 6.45) is 5.25. The van der Waals surface area contributed by atoms with Gasteiger partial charge in [0, 0.05) is 35.3 Å². The molecule has 0 saturated carbocycles. The lowest BCUT2D eigenvalue weighted by molar-refractivity contribution is 0.477. The zero-order valence-corrected chi connectivity index (χ0v) is 11.0. The molecule has 98 valence electrons. The Morgan fingerprint density at radius 1 is 0.950 bits per heavy atom. The Labute approximate surface area is 116 Å². The van der Waals surface area contributed by atoms with E-state index < -0.39 is 0 Å². The highest BCUT2D eigenvalue weighted by molar-refractivity contribution is 5.82. The minimum Gasteiger partial charge on any atom is -0.507 e. The van der Waals surface area contributed by atoms with E-state index in [4.69, 9.17) is 0 Å². The number of aromatic nitrogens is 3. The molecule has 1 N–H and O–H groups in total. The van der Waals surface area contributed by atoms with Crippen molar-refractivity contribution in [1.82, 2.24) is 15.0 Å². The Hall–Kier alpha value is -2.75. The predicted octanol–water partition coefficient (Wildman–Crippen LogP) is 3.22. The van der Waals surface area contributed by atoms with Crippen LogP contribution in [-0.2, 0) is 0 Å². The summed E-state index contributed by atoms with van der Waals surface area (Å²) in [6.45, 7) is 1.83. The number of hydrogen-bond donors (Lipinski definition) is 1. The number of pyridine rings is 1. The van der Waals surface area contributed by atoms with E-state index in [1.165, 1.54) is 0 Å². The van der Waals surface area contributed by atoms with Crippen LogP contribution in [0.3, 0.4) is 0 Å². The molecule has 0 amide bonds. The third kappa shape index (κ3) is 2.23. The monoisotopic (exact) mass is 263 g/mol. The predicted molar refractivity (Wildman–Crippen MR) is 77.1 cm³/mol. The Balaban J connectivity index is 2.25. The van der Waals surface area contributed by atoms with Gasteiger partial charge in [0.1, 0.15) is 11.6 Å². The van der Waals surface area contributed by atoms with Crippen LogP contribution >= 0.6 is 0 Å². The van der Waals surface area contributed by atoms with E-state index in [-0.39, 0.29) is 5.75 Å². The smallest absolute Gasteiger partial charge is 0.125 e. The zero-order valence-electron chi connectivity index (χ0n) is 11.0. The molecule has 0 aliphatic carbocycles. The first-order chi connectivity index (χ1) is 9.75. The molecule has 3 aromatic rings. The van der Waals surface area contributed by atoms with Gasteiger partial charge in [-0.25, -0.2) is 9.97 Å². The number of aryl methyl sites for hydroxylation is 1. The summed E-state index contributed by atoms with van der Waals surface area (Å²) in [6, 6.07) is 11.0. The first kappa shape index (κ1) is 12.3. The lowest BCUT2D eigenvalue weighted by Gasteiger charge is -2.10. The van der Waals surface area contributed by atoms with Crippen molar-refractivity contribution >= 4 is 0 Å². The van der Waals surface area contributed by atoms with Crippen LogP contribution in [0.2, 0.25) is 0 Å². The fourth-order valence-electron chi connectivity index (χ4n) is 2.08. The van der Waals surface area contributed by atoms with Crippen molar-refractivity contribution in [2.24, 2.45) is 0 Å². The summed E-state index contributed by atoms with van der Waals surface area (Å²) in [7, 11) is 0. The summed E-state index contributed by atoms with van der Waals surface area (Å²) >= 11 is 0. The van der Waals surface area contributed by atoms with Gasteiger partial charge in [-0.2, -0.15) is 0 Å². The van der Waals surface area contributed by atoms with E-state index in [1.54, 1.807) is 30.7 Å². The van der Waals surface area contributed by atoms with Gasteiger partial charge in [-0.1, -0.05) is 18.2 Å². The molecule has 1 aromatic carbocycles. The van der Waals surface area contributed by atoms with Crippen LogP contribution in [0, 0.1) is 6.92 Å². The third-order valence-corrected chi connectivity index (χ3v) is 3.04. The molecule has 0 saturated heterocycles. The minimum atomic E-state index is 0.204. The molecule has 0 atom stereocenters. The molecule has 0 unspecified atom stereocenters. The van der Waals surface area contributed by atoms with Crippen molar-refractivity contribution in [1.29, 1.82) is 0 Å². The maximum atomic E-state index is 10.1. The van der Waals surface area contributed by atoms with Gasteiger partial charge >= 0.3 is 0 Å². The Bertz CT molecular complexity index is 742. The van der Waals surface area contributed by atoms with Gasteiger partial charge in [0.2, 0.25) is 0 Å². The molecule has 3 rings (SSSR count). The van der Waals surface area contributed by atoms with Gasteiger partial charge in [0.25, 0.3) is 0 Å². The first-order valence-electron chi connectivity index (χ1n) is 6.28. The van der Waals surface area contributed by atoms with E-state index >= 15 is 0 Å². The van der Waals surface area contributed by atoms with Crippen LogP contribution in [0.25, 0.3) is 22.4 Å². The van der Waals surface area contributed by atoms with Crippen LogP contribution in [0.1, 0.15) is 5.82 Å². The number of nitrogens with zero attached hydrogens (tertiary/aromatic N) is 3. The average Bonchev–Trinajstić information content (AvgIpc) is 2.48. The largest absolute Gasteiger partial charge is 0.507 e. The lowest BCUT2D eigenvalue weighted by atomic mass is 10.0. The quantitative estimate of drug-likeness (QED) is 0.771. The van der Waals surface area contributed by atoms with Crippen molar-refractivity contribution in [3.05, 3.63) is 60.8 Å². The second kappa shape index (κ2) is 5.09. The Morgan fingerprint density at radius 2 is 1.80 bits per heavy atom. The highest BCUT2D eigenvalue weighted by Crippen LogP contribution is 2.34. The molecule has 0 fully saturated rings. The minimum absolute atomic E-state index is 0.204. The van der Waals surface area contributed by atoms with E-state index in [1.807, 2.05) is 31.2 Å². The van der Waals surface area contributed by atoms with Crippen LogP contribution in [0.15, 0.2) is 55.0 Å². The molecule has 2 heterocycles. The fraction of sp³-hybridized carbons (Fsp3) is 0.0625. The maximum absolute atomic E-state index is 10.1. The van der Waals surface area contributed by atoms with Crippen molar-refractivity contribution in [2.75, 3.05) is 0 Å². The van der Waals surface area contributed by atoms with Crippen molar-refractivity contribution in [2.45, 2.75) is 6.92 Å². The van der Waals surface area contributed by atoms with Gasteiger partial charge in [-0.15, -0.1) is 0 Å². The van der Waals surface area contributed by atoms with Gasteiger partial charge in [-0.3, -0.25) is 4.98 Å². The molecular formula is C16H13N3O. The average molecular weight is 263 g/mol. The normalized spacial score (nSPS) is 10.4. The molecule has 2 aromatic heterocycles. The van der Waals surface area contributed by atoms with Crippen molar-refractivity contribution in [3.63, 3.8) is 0 Å².